The average molecular weight is 356 g/mol. The molecule has 0 aliphatic carbocycles. The lowest BCUT2D eigenvalue weighted by molar-refractivity contribution is 0.0974. The van der Waals surface area contributed by atoms with Gasteiger partial charge in [-0.15, -0.1) is 0 Å². The van der Waals surface area contributed by atoms with Gasteiger partial charge >= 0.3 is 0 Å². The van der Waals surface area contributed by atoms with E-state index in [1.807, 2.05) is 12.1 Å². The summed E-state index contributed by atoms with van der Waals surface area (Å²) in [5.41, 5.74) is 1.96. The normalized spacial score (nSPS) is 9.70. The number of nitriles is 2. The molecule has 3 rings (SSSR count). The van der Waals surface area contributed by atoms with Crippen LogP contribution in [-0.2, 0) is 0 Å². The summed E-state index contributed by atoms with van der Waals surface area (Å²) < 4.78 is 5.31. The van der Waals surface area contributed by atoms with Gasteiger partial charge in [-0.2, -0.15) is 10.5 Å². The third kappa shape index (κ3) is 4.19. The highest BCUT2D eigenvalue weighted by molar-refractivity contribution is 6.05. The number of carbonyl (C=O) groups is 2. The van der Waals surface area contributed by atoms with Crippen LogP contribution in [0.1, 0.15) is 32.2 Å². The number of nitrogens with one attached hydrogen (secondary N) is 2. The first-order valence-corrected chi connectivity index (χ1v) is 7.82. The summed E-state index contributed by atoms with van der Waals surface area (Å²) >= 11 is 0. The molecule has 0 saturated carbocycles. The van der Waals surface area contributed by atoms with Crippen LogP contribution in [-0.4, -0.2) is 11.8 Å². The molecule has 0 spiro atoms. The predicted molar refractivity (Wildman–Crippen MR) is 96.9 cm³/mol. The average Bonchev–Trinajstić information content (AvgIpc) is 3.20. The first-order chi connectivity index (χ1) is 13.1. The fourth-order valence-electron chi connectivity index (χ4n) is 2.22. The van der Waals surface area contributed by atoms with E-state index in [9.17, 15) is 9.59 Å². The Morgan fingerprint density at radius 3 is 1.37 bits per heavy atom. The quantitative estimate of drug-likeness (QED) is 0.741. The molecule has 2 aromatic carbocycles. The molecule has 0 aliphatic heterocycles. The molecule has 130 valence electrons. The van der Waals surface area contributed by atoms with Gasteiger partial charge in [0.15, 0.2) is 11.5 Å². The molecule has 7 heteroatoms. The molecule has 7 nitrogen and oxygen atoms in total. The van der Waals surface area contributed by atoms with Gasteiger partial charge in [-0.25, -0.2) is 0 Å². The molecular formula is C20H12N4O3. The molecule has 1 aromatic heterocycles. The Bertz CT molecular complexity index is 982. The van der Waals surface area contributed by atoms with E-state index in [-0.39, 0.29) is 11.5 Å². The van der Waals surface area contributed by atoms with Gasteiger partial charge in [0.05, 0.1) is 23.3 Å². The molecule has 3 aromatic rings. The molecule has 0 saturated heterocycles. The van der Waals surface area contributed by atoms with Gasteiger partial charge in [0.25, 0.3) is 11.8 Å². The third-order valence-electron chi connectivity index (χ3n) is 3.60. The Morgan fingerprint density at radius 1 is 0.667 bits per heavy atom. The SMILES string of the molecule is N#Cc1ccc(NC(=O)c2ccc(C(=O)Nc3ccc(C#N)cc3)o2)cc1. The molecule has 0 atom stereocenters. The summed E-state index contributed by atoms with van der Waals surface area (Å²) in [6.07, 6.45) is 0. The number of benzene rings is 2. The molecular weight excluding hydrogens is 344 g/mol. The Morgan fingerprint density at radius 2 is 1.04 bits per heavy atom. The van der Waals surface area contributed by atoms with Crippen LogP contribution >= 0.6 is 0 Å². The second-order valence-corrected chi connectivity index (χ2v) is 5.45. The van der Waals surface area contributed by atoms with Crippen molar-refractivity contribution in [2.24, 2.45) is 0 Å². The van der Waals surface area contributed by atoms with Gasteiger partial charge in [0.2, 0.25) is 0 Å². The summed E-state index contributed by atoms with van der Waals surface area (Å²) in [4.78, 5) is 24.4. The van der Waals surface area contributed by atoms with Gasteiger partial charge in [0, 0.05) is 11.4 Å². The molecule has 1 heterocycles. The minimum atomic E-state index is -0.517. The molecule has 0 unspecified atom stereocenters. The molecule has 0 fully saturated rings. The Kier molecular flexibility index (Phi) is 4.97. The molecule has 0 aliphatic rings. The number of nitrogens with zero attached hydrogens (tertiary/aromatic N) is 2. The van der Waals surface area contributed by atoms with Crippen molar-refractivity contribution < 1.29 is 14.0 Å². The summed E-state index contributed by atoms with van der Waals surface area (Å²) in [5.74, 6) is -1.08. The number of furan rings is 1. The zero-order valence-electron chi connectivity index (χ0n) is 13.9. The smallest absolute Gasteiger partial charge is 0.291 e. The van der Waals surface area contributed by atoms with E-state index in [2.05, 4.69) is 10.6 Å². The maximum atomic E-state index is 12.2. The Hall–Kier alpha value is -4.36. The van der Waals surface area contributed by atoms with E-state index >= 15 is 0 Å². The van der Waals surface area contributed by atoms with Crippen molar-refractivity contribution in [2.45, 2.75) is 0 Å². The lowest BCUT2D eigenvalue weighted by Crippen LogP contribution is -2.12. The van der Waals surface area contributed by atoms with Crippen molar-refractivity contribution in [2.75, 3.05) is 10.6 Å². The molecule has 27 heavy (non-hydrogen) atoms. The van der Waals surface area contributed by atoms with E-state index in [0.717, 1.165) is 0 Å². The molecule has 2 N–H and O–H groups in total. The number of rotatable bonds is 4. The second-order valence-electron chi connectivity index (χ2n) is 5.45. The zero-order valence-corrected chi connectivity index (χ0v) is 13.9. The van der Waals surface area contributed by atoms with E-state index in [0.29, 0.717) is 22.5 Å². The number of hydrogen-bond acceptors (Lipinski definition) is 5. The lowest BCUT2D eigenvalue weighted by Gasteiger charge is -2.04. The van der Waals surface area contributed by atoms with Crippen molar-refractivity contribution >= 4 is 23.2 Å². The minimum Gasteiger partial charge on any atom is -0.446 e. The summed E-state index contributed by atoms with van der Waals surface area (Å²) in [7, 11) is 0. The molecule has 0 radical (unpaired) electrons. The highest BCUT2D eigenvalue weighted by Gasteiger charge is 2.16. The zero-order chi connectivity index (χ0) is 19.2. The van der Waals surface area contributed by atoms with Crippen molar-refractivity contribution in [3.05, 3.63) is 83.3 Å². The molecule has 2 amide bonds. The van der Waals surface area contributed by atoms with Crippen molar-refractivity contribution in [3.8, 4) is 12.1 Å². The number of carbonyl (C=O) groups excluding carboxylic acids is 2. The third-order valence-corrected chi connectivity index (χ3v) is 3.60. The highest BCUT2D eigenvalue weighted by atomic mass is 16.4. The standard InChI is InChI=1S/C20H12N4O3/c21-11-13-1-5-15(6-2-13)23-19(25)17-9-10-18(27-17)20(26)24-16-7-3-14(12-22)4-8-16/h1-10H,(H,23,25)(H,24,26). The van der Waals surface area contributed by atoms with Crippen LogP contribution in [0.4, 0.5) is 11.4 Å². The lowest BCUT2D eigenvalue weighted by atomic mass is 10.2. The maximum absolute atomic E-state index is 12.2. The Balaban J connectivity index is 1.65. The fourth-order valence-corrected chi connectivity index (χ4v) is 2.22. The van der Waals surface area contributed by atoms with E-state index in [1.165, 1.54) is 12.1 Å². The van der Waals surface area contributed by atoms with Gasteiger partial charge in [-0.05, 0) is 60.7 Å². The largest absolute Gasteiger partial charge is 0.446 e. The maximum Gasteiger partial charge on any atom is 0.291 e. The van der Waals surface area contributed by atoms with E-state index in [1.54, 1.807) is 48.5 Å². The van der Waals surface area contributed by atoms with Crippen LogP contribution < -0.4 is 10.6 Å². The van der Waals surface area contributed by atoms with Crippen molar-refractivity contribution in [1.82, 2.24) is 0 Å². The van der Waals surface area contributed by atoms with Crippen LogP contribution in [0.25, 0.3) is 0 Å². The van der Waals surface area contributed by atoms with Gasteiger partial charge in [-0.3, -0.25) is 9.59 Å². The van der Waals surface area contributed by atoms with E-state index in [4.69, 9.17) is 14.9 Å². The predicted octanol–water partition coefficient (Wildman–Crippen LogP) is 3.53. The Labute approximate surface area is 154 Å². The monoisotopic (exact) mass is 356 g/mol. The van der Waals surface area contributed by atoms with Crippen LogP contribution in [0, 0.1) is 22.7 Å². The van der Waals surface area contributed by atoms with Crippen LogP contribution in [0.2, 0.25) is 0 Å². The van der Waals surface area contributed by atoms with Crippen LogP contribution in [0.3, 0.4) is 0 Å². The van der Waals surface area contributed by atoms with Crippen molar-refractivity contribution in [1.29, 1.82) is 10.5 Å². The molecule has 0 bridgehead atoms. The first kappa shape index (κ1) is 17.5. The van der Waals surface area contributed by atoms with Crippen molar-refractivity contribution in [3.63, 3.8) is 0 Å². The highest BCUT2D eigenvalue weighted by Crippen LogP contribution is 2.15. The van der Waals surface area contributed by atoms with Gasteiger partial charge < -0.3 is 15.1 Å². The van der Waals surface area contributed by atoms with Gasteiger partial charge in [0.1, 0.15) is 0 Å². The van der Waals surface area contributed by atoms with Crippen LogP contribution in [0.5, 0.6) is 0 Å². The first-order valence-electron chi connectivity index (χ1n) is 7.82. The minimum absolute atomic E-state index is 0.0238. The topological polar surface area (TPSA) is 119 Å². The summed E-state index contributed by atoms with van der Waals surface area (Å²) in [6, 6.07) is 19.5. The number of anilines is 2. The fraction of sp³-hybridized carbons (Fsp3) is 0. The van der Waals surface area contributed by atoms with E-state index < -0.39 is 11.8 Å². The number of amides is 2. The number of hydrogen-bond donors (Lipinski definition) is 2. The second kappa shape index (κ2) is 7.68. The summed E-state index contributed by atoms with van der Waals surface area (Å²) in [6.45, 7) is 0. The van der Waals surface area contributed by atoms with Crippen LogP contribution in [0.15, 0.2) is 65.1 Å². The van der Waals surface area contributed by atoms with Gasteiger partial charge in [-0.1, -0.05) is 0 Å². The summed E-state index contributed by atoms with van der Waals surface area (Å²) in [5, 5.41) is 22.8.